The summed E-state index contributed by atoms with van der Waals surface area (Å²) in [6, 6.07) is 30.6. The van der Waals surface area contributed by atoms with Crippen LogP contribution in [0.25, 0.3) is 10.9 Å². The first kappa shape index (κ1) is 23.0. The Kier molecular flexibility index (Phi) is 6.81. The number of hydrogen-bond acceptors (Lipinski definition) is 5. The summed E-state index contributed by atoms with van der Waals surface area (Å²) < 4.78 is 0. The van der Waals surface area contributed by atoms with Crippen LogP contribution < -0.4 is 9.80 Å². The summed E-state index contributed by atoms with van der Waals surface area (Å²) in [7, 11) is 0. The van der Waals surface area contributed by atoms with Gasteiger partial charge in [-0.1, -0.05) is 85.6 Å². The molecule has 5 heteroatoms. The topological polar surface area (TPSA) is 35.5 Å². The van der Waals surface area contributed by atoms with Crippen LogP contribution in [0.4, 0.5) is 11.8 Å². The maximum Gasteiger partial charge on any atom is 0.227 e. The number of para-hydroxylation sites is 1. The zero-order valence-corrected chi connectivity index (χ0v) is 21.0. The molecule has 5 nitrogen and oxygen atoms in total. The van der Waals surface area contributed by atoms with E-state index in [1.165, 1.54) is 42.2 Å². The predicted molar refractivity (Wildman–Crippen MR) is 149 cm³/mol. The number of aromatic nitrogens is 2. The Morgan fingerprint density at radius 3 is 1.75 bits per heavy atom. The molecule has 6 rings (SSSR count). The maximum absolute atomic E-state index is 5.20. The van der Waals surface area contributed by atoms with Gasteiger partial charge < -0.3 is 9.80 Å². The Hall–Kier alpha value is -3.44. The highest BCUT2D eigenvalue weighted by Gasteiger charge is 2.28. The highest BCUT2D eigenvalue weighted by Crippen LogP contribution is 2.32. The van der Waals surface area contributed by atoms with E-state index in [4.69, 9.17) is 9.97 Å². The largest absolute Gasteiger partial charge is 0.356 e. The van der Waals surface area contributed by atoms with Gasteiger partial charge in [0.25, 0.3) is 0 Å². The Morgan fingerprint density at radius 1 is 0.528 bits per heavy atom. The van der Waals surface area contributed by atoms with Crippen molar-refractivity contribution in [2.45, 2.75) is 31.7 Å². The van der Waals surface area contributed by atoms with Crippen molar-refractivity contribution in [3.8, 4) is 0 Å². The predicted octanol–water partition coefficient (Wildman–Crippen LogP) is 5.92. The normalized spacial score (nSPS) is 17.5. The molecule has 2 fully saturated rings. The van der Waals surface area contributed by atoms with Crippen molar-refractivity contribution in [3.63, 3.8) is 0 Å². The van der Waals surface area contributed by atoms with Crippen LogP contribution in [0.15, 0.2) is 84.9 Å². The second-order valence-corrected chi connectivity index (χ2v) is 10.0. The Morgan fingerprint density at radius 2 is 1.11 bits per heavy atom. The highest BCUT2D eigenvalue weighted by atomic mass is 15.3. The van der Waals surface area contributed by atoms with Gasteiger partial charge in [0, 0.05) is 44.7 Å². The van der Waals surface area contributed by atoms with Crippen molar-refractivity contribution in [1.29, 1.82) is 0 Å². The Bertz CT molecular complexity index is 1220. The molecule has 184 valence electrons. The fourth-order valence-corrected chi connectivity index (χ4v) is 5.78. The van der Waals surface area contributed by atoms with Gasteiger partial charge in [0.05, 0.1) is 11.6 Å². The number of piperazine rings is 1. The fraction of sp³-hybridized carbons (Fsp3) is 0.355. The molecule has 3 aromatic carbocycles. The summed E-state index contributed by atoms with van der Waals surface area (Å²) in [4.78, 5) is 17.7. The smallest absolute Gasteiger partial charge is 0.227 e. The van der Waals surface area contributed by atoms with Gasteiger partial charge in [-0.15, -0.1) is 0 Å². The van der Waals surface area contributed by atoms with Gasteiger partial charge in [-0.25, -0.2) is 4.98 Å². The summed E-state index contributed by atoms with van der Waals surface area (Å²) >= 11 is 0. The van der Waals surface area contributed by atoms with Crippen LogP contribution in [0.2, 0.25) is 0 Å². The van der Waals surface area contributed by atoms with E-state index in [2.05, 4.69) is 99.6 Å². The maximum atomic E-state index is 5.20. The van der Waals surface area contributed by atoms with Crippen LogP contribution in [0.1, 0.15) is 42.9 Å². The molecule has 2 saturated heterocycles. The van der Waals surface area contributed by atoms with Gasteiger partial charge in [-0.3, -0.25) is 4.90 Å². The molecule has 0 radical (unpaired) electrons. The molecule has 2 aliphatic rings. The van der Waals surface area contributed by atoms with Crippen molar-refractivity contribution >= 4 is 22.7 Å². The van der Waals surface area contributed by atoms with Crippen molar-refractivity contribution in [2.75, 3.05) is 49.1 Å². The molecule has 4 aromatic rings. The molecule has 0 N–H and O–H groups in total. The fourth-order valence-electron chi connectivity index (χ4n) is 5.78. The zero-order chi connectivity index (χ0) is 24.2. The van der Waals surface area contributed by atoms with Crippen LogP contribution >= 0.6 is 0 Å². The Labute approximate surface area is 214 Å². The molecular formula is C31H35N5. The van der Waals surface area contributed by atoms with Crippen LogP contribution in [0.5, 0.6) is 0 Å². The van der Waals surface area contributed by atoms with E-state index in [-0.39, 0.29) is 6.04 Å². The standard InChI is InChI=1S/C31H35N5/c1-2-12-20-35(19-11-1)30-27-17-9-10-18-28(27)32-31(33-30)36-23-21-34(22-24-36)29(25-13-5-3-6-14-25)26-15-7-4-8-16-26/h3-10,13-18,29H,1-2,11-12,19-24H2. The number of rotatable bonds is 5. The van der Waals surface area contributed by atoms with Crippen LogP contribution in [-0.2, 0) is 0 Å². The van der Waals surface area contributed by atoms with Gasteiger partial charge in [0.1, 0.15) is 5.82 Å². The number of nitrogens with zero attached hydrogens (tertiary/aromatic N) is 5. The minimum atomic E-state index is 0.264. The second kappa shape index (κ2) is 10.7. The highest BCUT2D eigenvalue weighted by molar-refractivity contribution is 5.90. The van der Waals surface area contributed by atoms with Gasteiger partial charge in [0.15, 0.2) is 0 Å². The molecule has 3 heterocycles. The molecule has 2 aliphatic heterocycles. The lowest BCUT2D eigenvalue weighted by Crippen LogP contribution is -2.48. The van der Waals surface area contributed by atoms with E-state index >= 15 is 0 Å². The molecule has 36 heavy (non-hydrogen) atoms. The summed E-state index contributed by atoms with van der Waals surface area (Å²) in [6.07, 6.45) is 5.12. The Balaban J connectivity index is 1.26. The molecule has 0 atom stereocenters. The van der Waals surface area contributed by atoms with Crippen molar-refractivity contribution in [1.82, 2.24) is 14.9 Å². The van der Waals surface area contributed by atoms with Gasteiger partial charge in [0.2, 0.25) is 5.95 Å². The van der Waals surface area contributed by atoms with Crippen LogP contribution in [-0.4, -0.2) is 54.1 Å². The summed E-state index contributed by atoms with van der Waals surface area (Å²) in [5, 5.41) is 1.18. The number of anilines is 2. The van der Waals surface area contributed by atoms with Crippen molar-refractivity contribution in [3.05, 3.63) is 96.1 Å². The van der Waals surface area contributed by atoms with E-state index in [0.717, 1.165) is 56.6 Å². The molecule has 0 aliphatic carbocycles. The molecule has 0 bridgehead atoms. The lowest BCUT2D eigenvalue weighted by atomic mass is 9.96. The minimum absolute atomic E-state index is 0.264. The first-order valence-electron chi connectivity index (χ1n) is 13.5. The third-order valence-corrected chi connectivity index (χ3v) is 7.67. The van der Waals surface area contributed by atoms with E-state index in [9.17, 15) is 0 Å². The van der Waals surface area contributed by atoms with E-state index in [0.29, 0.717) is 0 Å². The summed E-state index contributed by atoms with van der Waals surface area (Å²) in [5.74, 6) is 2.00. The SMILES string of the molecule is c1ccc(C(c2ccccc2)N2CCN(c3nc(N4CCCCCC4)c4ccccc4n3)CC2)cc1. The van der Waals surface area contributed by atoms with Crippen LogP contribution in [0, 0.1) is 0 Å². The quantitative estimate of drug-likeness (QED) is 0.356. The number of fused-ring (bicyclic) bond motifs is 1. The average Bonchev–Trinajstić information content (AvgIpc) is 3.24. The molecule has 1 aromatic heterocycles. The molecule has 0 spiro atoms. The van der Waals surface area contributed by atoms with E-state index < -0.39 is 0 Å². The van der Waals surface area contributed by atoms with Crippen molar-refractivity contribution in [2.24, 2.45) is 0 Å². The molecule has 0 amide bonds. The molecule has 0 unspecified atom stereocenters. The average molecular weight is 478 g/mol. The third-order valence-electron chi connectivity index (χ3n) is 7.67. The van der Waals surface area contributed by atoms with Crippen LogP contribution in [0.3, 0.4) is 0 Å². The van der Waals surface area contributed by atoms with E-state index in [1.54, 1.807) is 0 Å². The zero-order valence-electron chi connectivity index (χ0n) is 21.0. The monoisotopic (exact) mass is 477 g/mol. The van der Waals surface area contributed by atoms with Gasteiger partial charge >= 0.3 is 0 Å². The first-order chi connectivity index (χ1) is 17.9. The minimum Gasteiger partial charge on any atom is -0.356 e. The second-order valence-electron chi connectivity index (χ2n) is 10.0. The lowest BCUT2D eigenvalue weighted by Gasteiger charge is -2.40. The number of hydrogen-bond donors (Lipinski definition) is 0. The molecular weight excluding hydrogens is 442 g/mol. The third kappa shape index (κ3) is 4.80. The number of benzene rings is 3. The van der Waals surface area contributed by atoms with E-state index in [1.807, 2.05) is 0 Å². The van der Waals surface area contributed by atoms with Crippen molar-refractivity contribution < 1.29 is 0 Å². The summed E-state index contributed by atoms with van der Waals surface area (Å²) in [5.41, 5.74) is 3.75. The lowest BCUT2D eigenvalue weighted by molar-refractivity contribution is 0.211. The first-order valence-corrected chi connectivity index (χ1v) is 13.5. The molecule has 0 saturated carbocycles. The summed E-state index contributed by atoms with van der Waals surface area (Å²) in [6.45, 7) is 5.98. The van der Waals surface area contributed by atoms with Gasteiger partial charge in [-0.2, -0.15) is 4.98 Å². The van der Waals surface area contributed by atoms with Gasteiger partial charge in [-0.05, 0) is 36.1 Å².